The lowest BCUT2D eigenvalue weighted by atomic mass is 10.2. The molecule has 146 valence electrons. The van der Waals surface area contributed by atoms with Gasteiger partial charge in [0, 0.05) is 6.54 Å². The van der Waals surface area contributed by atoms with Crippen molar-refractivity contribution in [2.45, 2.75) is 31.8 Å². The number of thioether (sulfide) groups is 1. The highest BCUT2D eigenvalue weighted by Crippen LogP contribution is 2.31. The van der Waals surface area contributed by atoms with Gasteiger partial charge >= 0.3 is 0 Å². The van der Waals surface area contributed by atoms with Gasteiger partial charge in [0.2, 0.25) is 5.91 Å². The summed E-state index contributed by atoms with van der Waals surface area (Å²) < 4.78 is 7.34. The van der Waals surface area contributed by atoms with Crippen LogP contribution in [-0.2, 0) is 11.3 Å². The average Bonchev–Trinajstić information content (AvgIpc) is 3.30. The number of nitrogens with one attached hydrogen (secondary N) is 1. The molecular weight excluding hydrogens is 378 g/mol. The Bertz CT molecular complexity index is 999. The molecule has 1 amide bonds. The number of β-amino-alcohol motifs (C(OH)–C–C–N with tert-alkyl or cyclic N) is 1. The molecule has 0 bridgehead atoms. The molecular formula is C19H21N5O3S. The van der Waals surface area contributed by atoms with Crippen LogP contribution in [0.15, 0.2) is 46.2 Å². The Morgan fingerprint density at radius 3 is 2.93 bits per heavy atom. The molecule has 3 heterocycles. The topological polar surface area (TPSA) is 96.4 Å². The molecule has 0 aliphatic carbocycles. The zero-order valence-corrected chi connectivity index (χ0v) is 16.4. The summed E-state index contributed by atoms with van der Waals surface area (Å²) in [6.07, 6.45) is 0.835. The number of benzene rings is 1. The third-order valence-corrected chi connectivity index (χ3v) is 5.58. The number of fused-ring (bicyclic) bond motifs is 1. The molecule has 0 fully saturated rings. The average molecular weight is 399 g/mol. The van der Waals surface area contributed by atoms with Gasteiger partial charge in [0.1, 0.15) is 12.0 Å². The number of carbonyl (C=O) groups excluding carboxylic acids is 1. The highest BCUT2D eigenvalue weighted by molar-refractivity contribution is 7.99. The molecule has 2 aromatic heterocycles. The van der Waals surface area contributed by atoms with Crippen molar-refractivity contribution in [2.24, 2.45) is 0 Å². The van der Waals surface area contributed by atoms with E-state index in [2.05, 4.69) is 15.5 Å². The largest absolute Gasteiger partial charge is 0.469 e. The number of rotatable bonds is 5. The molecule has 4 rings (SSSR count). The molecule has 1 unspecified atom stereocenters. The SMILES string of the molecule is CCn1c(SCC(=O)N2CC(O)Nc3ccccc32)nnc1-c1ccoc1C. The third kappa shape index (κ3) is 3.38. The van der Waals surface area contributed by atoms with Gasteiger partial charge in [0.15, 0.2) is 11.0 Å². The van der Waals surface area contributed by atoms with Gasteiger partial charge in [0.25, 0.3) is 0 Å². The van der Waals surface area contributed by atoms with E-state index in [1.807, 2.05) is 48.7 Å². The van der Waals surface area contributed by atoms with E-state index in [9.17, 15) is 9.90 Å². The Hall–Kier alpha value is -2.78. The predicted molar refractivity (Wildman–Crippen MR) is 107 cm³/mol. The number of hydrogen-bond donors (Lipinski definition) is 2. The van der Waals surface area contributed by atoms with Crippen LogP contribution < -0.4 is 10.2 Å². The van der Waals surface area contributed by atoms with E-state index in [4.69, 9.17) is 4.42 Å². The molecule has 0 spiro atoms. The predicted octanol–water partition coefficient (Wildman–Crippen LogP) is 2.74. The van der Waals surface area contributed by atoms with Crippen molar-refractivity contribution in [1.29, 1.82) is 0 Å². The number of nitrogens with zero attached hydrogens (tertiary/aromatic N) is 4. The van der Waals surface area contributed by atoms with Crippen molar-refractivity contribution in [3.63, 3.8) is 0 Å². The summed E-state index contributed by atoms with van der Waals surface area (Å²) in [4.78, 5) is 14.5. The van der Waals surface area contributed by atoms with Crippen LogP contribution in [0, 0.1) is 6.92 Å². The molecule has 8 nitrogen and oxygen atoms in total. The Morgan fingerprint density at radius 1 is 1.36 bits per heavy atom. The fourth-order valence-corrected chi connectivity index (χ4v) is 4.14. The van der Waals surface area contributed by atoms with Crippen LogP contribution in [0.4, 0.5) is 11.4 Å². The van der Waals surface area contributed by atoms with Gasteiger partial charge < -0.3 is 24.3 Å². The molecule has 3 aromatic rings. The minimum atomic E-state index is -0.793. The number of hydrogen-bond acceptors (Lipinski definition) is 7. The van der Waals surface area contributed by atoms with Crippen LogP contribution in [0.2, 0.25) is 0 Å². The molecule has 1 aliphatic rings. The number of aromatic nitrogens is 3. The molecule has 28 heavy (non-hydrogen) atoms. The minimum Gasteiger partial charge on any atom is -0.469 e. The molecule has 0 saturated heterocycles. The standard InChI is InChI=1S/C19H21N5O3S/c1-3-23-18(13-8-9-27-12(13)2)21-22-19(23)28-11-17(26)24-10-16(25)20-14-6-4-5-7-15(14)24/h4-9,16,20,25H,3,10-11H2,1-2H3. The first-order valence-electron chi connectivity index (χ1n) is 9.03. The number of aliphatic hydroxyl groups is 1. The smallest absolute Gasteiger partial charge is 0.237 e. The summed E-state index contributed by atoms with van der Waals surface area (Å²) in [5.74, 6) is 1.61. The molecule has 1 aromatic carbocycles. The van der Waals surface area contributed by atoms with Gasteiger partial charge in [-0.15, -0.1) is 10.2 Å². The molecule has 2 N–H and O–H groups in total. The number of furan rings is 1. The van der Waals surface area contributed by atoms with Crippen LogP contribution in [0.5, 0.6) is 0 Å². The molecule has 0 radical (unpaired) electrons. The second-order valence-corrected chi connectivity index (χ2v) is 7.35. The van der Waals surface area contributed by atoms with E-state index in [0.717, 1.165) is 28.5 Å². The van der Waals surface area contributed by atoms with Gasteiger partial charge in [-0.05, 0) is 32.0 Å². The van der Waals surface area contributed by atoms with Crippen molar-refractivity contribution in [2.75, 3.05) is 22.5 Å². The van der Waals surface area contributed by atoms with Gasteiger partial charge in [-0.3, -0.25) is 4.79 Å². The first kappa shape index (κ1) is 18.6. The maximum atomic E-state index is 12.9. The Labute approximate surface area is 166 Å². The maximum Gasteiger partial charge on any atom is 0.237 e. The number of carbonyl (C=O) groups is 1. The van der Waals surface area contributed by atoms with Gasteiger partial charge in [-0.25, -0.2) is 0 Å². The van der Waals surface area contributed by atoms with E-state index in [1.165, 1.54) is 11.8 Å². The van der Waals surface area contributed by atoms with Crippen molar-refractivity contribution < 1.29 is 14.3 Å². The number of anilines is 2. The van der Waals surface area contributed by atoms with E-state index in [1.54, 1.807) is 11.2 Å². The van der Waals surface area contributed by atoms with E-state index >= 15 is 0 Å². The third-order valence-electron chi connectivity index (χ3n) is 4.63. The lowest BCUT2D eigenvalue weighted by Gasteiger charge is -2.33. The van der Waals surface area contributed by atoms with Crippen LogP contribution in [0.25, 0.3) is 11.4 Å². The van der Waals surface area contributed by atoms with Crippen LogP contribution in [-0.4, -0.2) is 44.3 Å². The van der Waals surface area contributed by atoms with Gasteiger partial charge in [0.05, 0.1) is 35.5 Å². The van der Waals surface area contributed by atoms with Crippen molar-refractivity contribution in [1.82, 2.24) is 14.8 Å². The summed E-state index contributed by atoms with van der Waals surface area (Å²) in [5, 5.41) is 22.2. The second-order valence-electron chi connectivity index (χ2n) is 6.41. The highest BCUT2D eigenvalue weighted by Gasteiger charge is 2.27. The molecule has 1 aliphatic heterocycles. The minimum absolute atomic E-state index is 0.0929. The fraction of sp³-hybridized carbons (Fsp3) is 0.316. The summed E-state index contributed by atoms with van der Waals surface area (Å²) in [6, 6.07) is 9.32. The number of aliphatic hydroxyl groups excluding tert-OH is 1. The van der Waals surface area contributed by atoms with E-state index in [0.29, 0.717) is 11.7 Å². The van der Waals surface area contributed by atoms with Gasteiger partial charge in [-0.1, -0.05) is 23.9 Å². The summed E-state index contributed by atoms with van der Waals surface area (Å²) >= 11 is 1.34. The van der Waals surface area contributed by atoms with Crippen LogP contribution in [0.1, 0.15) is 12.7 Å². The monoisotopic (exact) mass is 399 g/mol. The van der Waals surface area contributed by atoms with Crippen molar-refractivity contribution in [3.8, 4) is 11.4 Å². The lowest BCUT2D eigenvalue weighted by molar-refractivity contribution is -0.116. The lowest BCUT2D eigenvalue weighted by Crippen LogP contribution is -2.45. The summed E-state index contributed by atoms with van der Waals surface area (Å²) in [6.45, 7) is 4.78. The summed E-state index contributed by atoms with van der Waals surface area (Å²) in [5.41, 5.74) is 2.41. The number of para-hydroxylation sites is 2. The highest BCUT2D eigenvalue weighted by atomic mass is 32.2. The zero-order valence-electron chi connectivity index (χ0n) is 15.6. The van der Waals surface area contributed by atoms with Crippen LogP contribution in [0.3, 0.4) is 0 Å². The molecule has 1 atom stereocenters. The first-order valence-corrected chi connectivity index (χ1v) is 10.0. The Balaban J connectivity index is 1.52. The number of aryl methyl sites for hydroxylation is 1. The molecule has 9 heteroatoms. The zero-order chi connectivity index (χ0) is 19.7. The Kier molecular flexibility index (Phi) is 5.10. The van der Waals surface area contributed by atoms with Crippen LogP contribution >= 0.6 is 11.8 Å². The van der Waals surface area contributed by atoms with Crippen molar-refractivity contribution >= 4 is 29.0 Å². The second kappa shape index (κ2) is 7.69. The quantitative estimate of drug-likeness (QED) is 0.637. The molecule has 0 saturated carbocycles. The Morgan fingerprint density at radius 2 is 2.18 bits per heavy atom. The number of amides is 1. The maximum absolute atomic E-state index is 12.9. The fourth-order valence-electron chi connectivity index (χ4n) is 3.26. The summed E-state index contributed by atoms with van der Waals surface area (Å²) in [7, 11) is 0. The van der Waals surface area contributed by atoms with E-state index in [-0.39, 0.29) is 18.2 Å². The van der Waals surface area contributed by atoms with Gasteiger partial charge in [-0.2, -0.15) is 0 Å². The van der Waals surface area contributed by atoms with Crippen molar-refractivity contribution in [3.05, 3.63) is 42.4 Å². The van der Waals surface area contributed by atoms with E-state index < -0.39 is 6.23 Å². The normalized spacial score (nSPS) is 16.0. The first-order chi connectivity index (χ1) is 13.6.